The highest BCUT2D eigenvalue weighted by Crippen LogP contribution is 2.40. The summed E-state index contributed by atoms with van der Waals surface area (Å²) in [4.78, 5) is 17.8. The molecule has 0 unspecified atom stereocenters. The van der Waals surface area contributed by atoms with Crippen molar-refractivity contribution in [2.24, 2.45) is 11.8 Å². The van der Waals surface area contributed by atoms with E-state index in [4.69, 9.17) is 18.6 Å². The summed E-state index contributed by atoms with van der Waals surface area (Å²) in [5, 5.41) is 16.7. The predicted octanol–water partition coefficient (Wildman–Crippen LogP) is 5.72. The van der Waals surface area contributed by atoms with Crippen molar-refractivity contribution in [1.29, 1.82) is 5.26 Å². The van der Waals surface area contributed by atoms with E-state index in [9.17, 15) is 10.1 Å². The van der Waals surface area contributed by atoms with Crippen molar-refractivity contribution in [3.8, 4) is 40.0 Å². The second-order valence-electron chi connectivity index (χ2n) is 12.0. The number of nitrogens with zero attached hydrogens (tertiary/aromatic N) is 2. The average molecular weight is 593 g/mol. The van der Waals surface area contributed by atoms with Crippen molar-refractivity contribution < 1.29 is 23.4 Å². The molecular formula is C35H36N4O5. The van der Waals surface area contributed by atoms with E-state index in [1.54, 1.807) is 19.4 Å². The third kappa shape index (κ3) is 5.29. The predicted molar refractivity (Wildman–Crippen MR) is 166 cm³/mol. The summed E-state index contributed by atoms with van der Waals surface area (Å²) < 4.78 is 23.7. The molecule has 2 aliphatic heterocycles. The molecule has 0 bridgehead atoms. The molecule has 44 heavy (non-hydrogen) atoms. The number of hydrogen-bond donors (Lipinski definition) is 2. The lowest BCUT2D eigenvalue weighted by molar-refractivity contribution is 0.0254. The smallest absolute Gasteiger partial charge is 0.251 e. The van der Waals surface area contributed by atoms with Gasteiger partial charge in [0.25, 0.3) is 5.91 Å². The SMILES string of the molecule is COc1cc(C(=O)N[C@@H]2CC[C@@H]3[C@@H]2CN[C@@H]3C)ccc1-c1cc2nccc(-c3ccc(OC4CCOCC4)c(C#N)c3)c2o1. The van der Waals surface area contributed by atoms with Crippen LogP contribution in [0.1, 0.15) is 48.5 Å². The molecule has 2 N–H and O–H groups in total. The number of carbonyl (C=O) groups is 1. The topological polar surface area (TPSA) is 119 Å². The largest absolute Gasteiger partial charge is 0.496 e. The number of benzene rings is 2. The molecule has 9 nitrogen and oxygen atoms in total. The number of rotatable bonds is 7. The zero-order valence-electron chi connectivity index (χ0n) is 25.0. The van der Waals surface area contributed by atoms with Gasteiger partial charge in [-0.2, -0.15) is 5.26 Å². The minimum absolute atomic E-state index is 0.0397. The molecule has 7 rings (SSSR count). The van der Waals surface area contributed by atoms with Crippen LogP contribution in [0.25, 0.3) is 33.6 Å². The number of nitrogens with one attached hydrogen (secondary N) is 2. The van der Waals surface area contributed by atoms with Gasteiger partial charge in [0.1, 0.15) is 34.9 Å². The molecule has 4 atom stereocenters. The van der Waals surface area contributed by atoms with E-state index in [1.165, 1.54) is 0 Å². The van der Waals surface area contributed by atoms with Gasteiger partial charge in [-0.1, -0.05) is 6.07 Å². The van der Waals surface area contributed by atoms with Crippen LogP contribution in [0.2, 0.25) is 0 Å². The zero-order chi connectivity index (χ0) is 30.2. The van der Waals surface area contributed by atoms with Crippen LogP contribution in [0.15, 0.2) is 59.1 Å². The van der Waals surface area contributed by atoms with Gasteiger partial charge in [0, 0.05) is 54.9 Å². The molecule has 2 aromatic carbocycles. The second kappa shape index (κ2) is 11.9. The van der Waals surface area contributed by atoms with Crippen LogP contribution in [-0.2, 0) is 4.74 Å². The van der Waals surface area contributed by atoms with Gasteiger partial charge in [-0.3, -0.25) is 9.78 Å². The second-order valence-corrected chi connectivity index (χ2v) is 12.0. The summed E-state index contributed by atoms with van der Waals surface area (Å²) in [5.74, 6) is 2.70. The molecule has 3 fully saturated rings. The Bertz CT molecular complexity index is 1740. The minimum Gasteiger partial charge on any atom is -0.496 e. The molecule has 3 aliphatic rings. The first-order chi connectivity index (χ1) is 21.5. The van der Waals surface area contributed by atoms with Crippen molar-refractivity contribution in [3.05, 3.63) is 65.9 Å². The summed E-state index contributed by atoms with van der Waals surface area (Å²) in [6, 6.07) is 17.8. The lowest BCUT2D eigenvalue weighted by Gasteiger charge is -2.23. The lowest BCUT2D eigenvalue weighted by atomic mass is 9.93. The maximum Gasteiger partial charge on any atom is 0.251 e. The molecule has 4 aromatic rings. The summed E-state index contributed by atoms with van der Waals surface area (Å²) in [6.45, 7) is 4.52. The Hall–Kier alpha value is -4.39. The third-order valence-electron chi connectivity index (χ3n) is 9.53. The van der Waals surface area contributed by atoms with Gasteiger partial charge < -0.3 is 29.3 Å². The molecule has 1 aliphatic carbocycles. The van der Waals surface area contributed by atoms with Gasteiger partial charge in [-0.15, -0.1) is 0 Å². The van der Waals surface area contributed by atoms with Crippen molar-refractivity contribution in [2.45, 2.75) is 50.8 Å². The number of ether oxygens (including phenoxy) is 3. The minimum atomic E-state index is -0.0915. The summed E-state index contributed by atoms with van der Waals surface area (Å²) in [5.41, 5.74) is 4.66. The van der Waals surface area contributed by atoms with E-state index in [0.29, 0.717) is 70.6 Å². The molecule has 9 heteroatoms. The quantitative estimate of drug-likeness (QED) is 0.280. The van der Waals surface area contributed by atoms with Crippen LogP contribution in [0.3, 0.4) is 0 Å². The lowest BCUT2D eigenvalue weighted by Crippen LogP contribution is -2.39. The van der Waals surface area contributed by atoms with Gasteiger partial charge in [-0.05, 0) is 73.6 Å². The normalized spacial score (nSPS) is 23.3. The van der Waals surface area contributed by atoms with Crippen LogP contribution in [0, 0.1) is 23.2 Å². The zero-order valence-corrected chi connectivity index (χ0v) is 25.0. The molecule has 0 radical (unpaired) electrons. The molecule has 2 aromatic heterocycles. The molecule has 226 valence electrons. The monoisotopic (exact) mass is 592 g/mol. The Balaban J connectivity index is 1.14. The van der Waals surface area contributed by atoms with Crippen molar-refractivity contribution in [3.63, 3.8) is 0 Å². The Kier molecular flexibility index (Phi) is 7.71. The number of amides is 1. The van der Waals surface area contributed by atoms with Gasteiger partial charge in [0.15, 0.2) is 5.58 Å². The molecular weight excluding hydrogens is 556 g/mol. The number of furan rings is 1. The average Bonchev–Trinajstić information content (AvgIpc) is 3.78. The number of aromatic nitrogens is 1. The van der Waals surface area contributed by atoms with Crippen molar-refractivity contribution >= 4 is 17.0 Å². The number of hydrogen-bond acceptors (Lipinski definition) is 8. The highest BCUT2D eigenvalue weighted by atomic mass is 16.5. The van der Waals surface area contributed by atoms with E-state index in [0.717, 1.165) is 48.9 Å². The number of nitriles is 1. The van der Waals surface area contributed by atoms with Gasteiger partial charge in [-0.25, -0.2) is 0 Å². The fraction of sp³-hybridized carbons (Fsp3) is 0.400. The maximum atomic E-state index is 13.3. The van der Waals surface area contributed by atoms with Gasteiger partial charge in [0.2, 0.25) is 0 Å². The summed E-state index contributed by atoms with van der Waals surface area (Å²) >= 11 is 0. The van der Waals surface area contributed by atoms with Gasteiger partial charge in [0.05, 0.1) is 31.5 Å². The first kappa shape index (κ1) is 28.4. The van der Waals surface area contributed by atoms with Crippen LogP contribution in [0.5, 0.6) is 11.5 Å². The summed E-state index contributed by atoms with van der Waals surface area (Å²) in [6.07, 6.45) is 5.53. The number of fused-ring (bicyclic) bond motifs is 2. The Morgan fingerprint density at radius 1 is 1.02 bits per heavy atom. The van der Waals surface area contributed by atoms with E-state index in [1.807, 2.05) is 42.5 Å². The van der Waals surface area contributed by atoms with Crippen molar-refractivity contribution in [2.75, 3.05) is 26.9 Å². The maximum absolute atomic E-state index is 13.3. The third-order valence-corrected chi connectivity index (χ3v) is 9.53. The highest BCUT2D eigenvalue weighted by Gasteiger charge is 2.43. The van der Waals surface area contributed by atoms with Crippen LogP contribution in [-0.4, -0.2) is 55.9 Å². The highest BCUT2D eigenvalue weighted by molar-refractivity contribution is 5.97. The van der Waals surface area contributed by atoms with Gasteiger partial charge >= 0.3 is 0 Å². The Morgan fingerprint density at radius 3 is 2.70 bits per heavy atom. The van der Waals surface area contributed by atoms with Crippen molar-refractivity contribution in [1.82, 2.24) is 15.6 Å². The van der Waals surface area contributed by atoms with E-state index in [2.05, 4.69) is 28.6 Å². The van der Waals surface area contributed by atoms with E-state index in [-0.39, 0.29) is 18.1 Å². The summed E-state index contributed by atoms with van der Waals surface area (Å²) in [7, 11) is 1.59. The van der Waals surface area contributed by atoms with Crippen LogP contribution in [0.4, 0.5) is 0 Å². The first-order valence-electron chi connectivity index (χ1n) is 15.4. The first-order valence-corrected chi connectivity index (χ1v) is 15.4. The number of pyridine rings is 1. The van der Waals surface area contributed by atoms with E-state index >= 15 is 0 Å². The number of carbonyl (C=O) groups excluding carboxylic acids is 1. The van der Waals surface area contributed by atoms with E-state index < -0.39 is 0 Å². The molecule has 1 saturated carbocycles. The molecule has 2 saturated heterocycles. The molecule has 4 heterocycles. The standard InChI is InChI=1S/C35H36N4O5/c1-20-25-6-7-29(28(25)19-38-20)39-35(40)22-3-5-27(32(16-22)41-2)33-17-30-34(44-33)26(9-12-37-30)21-4-8-31(23(15-21)18-36)43-24-10-13-42-14-11-24/h3-5,8-9,12,15-17,20,24-25,28-29,38H,6-7,10-11,13-14,19H2,1-2H3,(H,39,40)/t20-,25+,28+,29-/m1/s1. The molecule has 1 amide bonds. The number of methoxy groups -OCH3 is 1. The Morgan fingerprint density at radius 2 is 1.89 bits per heavy atom. The Labute approximate surface area is 256 Å². The fourth-order valence-electron chi connectivity index (χ4n) is 7.11. The fourth-order valence-corrected chi connectivity index (χ4v) is 7.11. The van der Waals surface area contributed by atoms with Crippen LogP contribution >= 0.6 is 0 Å². The molecule has 0 spiro atoms. The van der Waals surface area contributed by atoms with Crippen LogP contribution < -0.4 is 20.1 Å².